The Balaban J connectivity index is 4.24. The van der Waals surface area contributed by atoms with Crippen molar-refractivity contribution in [2.75, 3.05) is 13.2 Å². The minimum absolute atomic E-state index is 0.163. The minimum atomic E-state index is -3.19. The summed E-state index contributed by atoms with van der Waals surface area (Å²) in [5, 5.41) is 0. The van der Waals surface area contributed by atoms with E-state index in [0.29, 0.717) is 0 Å². The molecule has 0 saturated carbocycles. The highest BCUT2D eigenvalue weighted by Gasteiger charge is 2.28. The van der Waals surface area contributed by atoms with Gasteiger partial charge in [0, 0.05) is 0 Å². The molecule has 5 heteroatoms. The Hall–Kier alpha value is -0.410. The molecule has 0 aliphatic carbocycles. The second-order valence-corrected chi connectivity index (χ2v) is 4.86. The maximum Gasteiger partial charge on any atom is 0.347 e. The second kappa shape index (κ2) is 6.11. The third-order valence-corrected chi connectivity index (χ3v) is 3.26. The van der Waals surface area contributed by atoms with Crippen LogP contribution in [-0.2, 0) is 13.6 Å². The molecule has 0 saturated heterocycles. The van der Waals surface area contributed by atoms with E-state index in [2.05, 4.69) is 13.2 Å². The van der Waals surface area contributed by atoms with Gasteiger partial charge < -0.3 is 14.8 Å². The summed E-state index contributed by atoms with van der Waals surface area (Å²) >= 11 is 0. The zero-order valence-corrected chi connectivity index (χ0v) is 8.70. The van der Waals surface area contributed by atoms with Crippen LogP contribution in [0.3, 0.4) is 0 Å². The van der Waals surface area contributed by atoms with E-state index < -0.39 is 13.4 Å². The van der Waals surface area contributed by atoms with Crippen molar-refractivity contribution in [3.63, 3.8) is 0 Å². The lowest BCUT2D eigenvalue weighted by Gasteiger charge is -2.19. The van der Waals surface area contributed by atoms with Gasteiger partial charge in [0.1, 0.15) is 5.78 Å². The lowest BCUT2D eigenvalue weighted by Crippen LogP contribution is -2.19. The molecule has 1 atom stereocenters. The van der Waals surface area contributed by atoms with Gasteiger partial charge in [-0.2, -0.15) is 0 Å². The molecule has 0 rings (SSSR count). The fraction of sp³-hybridized carbons (Fsp3) is 0.500. The maximum absolute atomic E-state index is 11.8. The molecule has 0 spiro atoms. The Morgan fingerprint density at radius 2 is 1.77 bits per heavy atom. The van der Waals surface area contributed by atoms with Gasteiger partial charge in [0.25, 0.3) is 0 Å². The summed E-state index contributed by atoms with van der Waals surface area (Å²) < 4.78 is 21.7. The molecule has 0 aromatic heterocycles. The van der Waals surface area contributed by atoms with Crippen LogP contribution >= 0.6 is 7.60 Å². The standard InChI is InChI=1S/C8H16NO3P/c1-4-6-11-13(10,8(3)9)12-7-5-2/h4-5,8H,1-2,6-7,9H2,3H3/t8-/m0/s1. The summed E-state index contributed by atoms with van der Waals surface area (Å²) in [6.07, 6.45) is 2.98. The zero-order valence-electron chi connectivity index (χ0n) is 7.81. The summed E-state index contributed by atoms with van der Waals surface area (Å²) in [4.78, 5) is 0. The molecule has 0 bridgehead atoms. The van der Waals surface area contributed by atoms with E-state index in [-0.39, 0.29) is 13.2 Å². The summed E-state index contributed by atoms with van der Waals surface area (Å²) in [7, 11) is -3.19. The normalized spacial score (nSPS) is 13.7. The number of nitrogens with two attached hydrogens (primary N) is 1. The first-order chi connectivity index (χ1) is 6.06. The number of rotatable bonds is 7. The maximum atomic E-state index is 11.8. The zero-order chi connectivity index (χ0) is 10.3. The third kappa shape index (κ3) is 4.39. The summed E-state index contributed by atoms with van der Waals surface area (Å²) in [5.41, 5.74) is 5.47. The molecule has 76 valence electrons. The number of hydrogen-bond donors (Lipinski definition) is 1. The van der Waals surface area contributed by atoms with Crippen LogP contribution in [0.4, 0.5) is 0 Å². The molecule has 13 heavy (non-hydrogen) atoms. The molecule has 0 fully saturated rings. The van der Waals surface area contributed by atoms with Crippen molar-refractivity contribution in [3.05, 3.63) is 25.3 Å². The van der Waals surface area contributed by atoms with Crippen LogP contribution in [0.1, 0.15) is 6.92 Å². The van der Waals surface area contributed by atoms with Gasteiger partial charge in [-0.25, -0.2) is 0 Å². The highest BCUT2D eigenvalue weighted by Crippen LogP contribution is 2.50. The first-order valence-corrected chi connectivity index (χ1v) is 5.54. The van der Waals surface area contributed by atoms with E-state index in [9.17, 15) is 4.57 Å². The largest absolute Gasteiger partial charge is 0.347 e. The Labute approximate surface area is 78.9 Å². The molecule has 4 nitrogen and oxygen atoms in total. The van der Waals surface area contributed by atoms with Gasteiger partial charge in [-0.3, -0.25) is 4.57 Å². The molecule has 0 aromatic rings. The van der Waals surface area contributed by atoms with Crippen molar-refractivity contribution in [2.24, 2.45) is 5.73 Å². The van der Waals surface area contributed by atoms with Crippen LogP contribution in [0.5, 0.6) is 0 Å². The van der Waals surface area contributed by atoms with Gasteiger partial charge in [0.15, 0.2) is 0 Å². The van der Waals surface area contributed by atoms with Crippen molar-refractivity contribution in [1.82, 2.24) is 0 Å². The second-order valence-electron chi connectivity index (χ2n) is 2.45. The molecule has 0 unspecified atom stereocenters. The van der Waals surface area contributed by atoms with Crippen LogP contribution in [0.2, 0.25) is 0 Å². The summed E-state index contributed by atoms with van der Waals surface area (Å²) in [6, 6.07) is 0. The van der Waals surface area contributed by atoms with Crippen LogP contribution in [0.15, 0.2) is 25.3 Å². The Bertz CT molecular complexity index is 199. The van der Waals surface area contributed by atoms with Crippen molar-refractivity contribution >= 4 is 7.60 Å². The fourth-order valence-electron chi connectivity index (χ4n) is 0.586. The molecule has 0 amide bonds. The summed E-state index contributed by atoms with van der Waals surface area (Å²) in [6.45, 7) is 8.78. The Morgan fingerprint density at radius 3 is 2.00 bits per heavy atom. The molecule has 2 N–H and O–H groups in total. The van der Waals surface area contributed by atoms with E-state index >= 15 is 0 Å². The monoisotopic (exact) mass is 205 g/mol. The summed E-state index contributed by atoms with van der Waals surface area (Å²) in [5.74, 6) is -0.646. The highest BCUT2D eigenvalue weighted by molar-refractivity contribution is 7.54. The Morgan fingerprint density at radius 1 is 1.38 bits per heavy atom. The lowest BCUT2D eigenvalue weighted by molar-refractivity contribution is 0.230. The van der Waals surface area contributed by atoms with E-state index in [0.717, 1.165) is 0 Å². The van der Waals surface area contributed by atoms with Gasteiger partial charge in [0.2, 0.25) is 0 Å². The van der Waals surface area contributed by atoms with E-state index in [1.54, 1.807) is 6.92 Å². The third-order valence-electron chi connectivity index (χ3n) is 1.24. The minimum Gasteiger partial charge on any atom is -0.318 e. The molecule has 0 aliphatic heterocycles. The number of hydrogen-bond acceptors (Lipinski definition) is 4. The van der Waals surface area contributed by atoms with Crippen LogP contribution < -0.4 is 5.73 Å². The van der Waals surface area contributed by atoms with Crippen molar-refractivity contribution in [2.45, 2.75) is 12.7 Å². The first-order valence-electron chi connectivity index (χ1n) is 3.93. The highest BCUT2D eigenvalue weighted by atomic mass is 31.2. The molecular formula is C8H16NO3P. The average molecular weight is 205 g/mol. The lowest BCUT2D eigenvalue weighted by atomic mass is 10.7. The van der Waals surface area contributed by atoms with Crippen LogP contribution in [-0.4, -0.2) is 19.0 Å². The van der Waals surface area contributed by atoms with Gasteiger partial charge >= 0.3 is 7.60 Å². The predicted octanol–water partition coefficient (Wildman–Crippen LogP) is 1.89. The van der Waals surface area contributed by atoms with Gasteiger partial charge in [-0.05, 0) is 6.92 Å². The predicted molar refractivity (Wildman–Crippen MR) is 53.6 cm³/mol. The van der Waals surface area contributed by atoms with Gasteiger partial charge in [0.05, 0.1) is 13.2 Å². The van der Waals surface area contributed by atoms with Crippen LogP contribution in [0, 0.1) is 0 Å². The quantitative estimate of drug-likeness (QED) is 0.509. The van der Waals surface area contributed by atoms with E-state index in [1.165, 1.54) is 12.2 Å². The van der Waals surface area contributed by atoms with Crippen molar-refractivity contribution in [3.8, 4) is 0 Å². The smallest absolute Gasteiger partial charge is 0.318 e. The SMILES string of the molecule is C=CCOP(=O)(OCC=C)[C@@H](C)N. The van der Waals surface area contributed by atoms with Crippen molar-refractivity contribution in [1.29, 1.82) is 0 Å². The molecule has 0 heterocycles. The molecule has 0 aromatic carbocycles. The molecular weight excluding hydrogens is 189 g/mol. The van der Waals surface area contributed by atoms with Crippen LogP contribution in [0.25, 0.3) is 0 Å². The average Bonchev–Trinajstić information content (AvgIpc) is 2.11. The molecule has 0 aliphatic rings. The van der Waals surface area contributed by atoms with E-state index in [1.807, 2.05) is 0 Å². The Kier molecular flexibility index (Phi) is 5.91. The fourth-order valence-corrected chi connectivity index (χ4v) is 1.76. The molecule has 0 radical (unpaired) electrons. The first kappa shape index (κ1) is 12.6. The van der Waals surface area contributed by atoms with Gasteiger partial charge in [-0.1, -0.05) is 12.2 Å². The van der Waals surface area contributed by atoms with E-state index in [4.69, 9.17) is 14.8 Å². The van der Waals surface area contributed by atoms with Crippen molar-refractivity contribution < 1.29 is 13.6 Å². The van der Waals surface area contributed by atoms with Gasteiger partial charge in [-0.15, -0.1) is 13.2 Å². The topological polar surface area (TPSA) is 61.5 Å².